The number of benzene rings is 1. The first-order valence-electron chi connectivity index (χ1n) is 4.80. The molecular weight excluding hydrogens is 194 g/mol. The molecule has 1 heterocycles. The summed E-state index contributed by atoms with van der Waals surface area (Å²) in [7, 11) is 1.59. The second-order valence-corrected chi connectivity index (χ2v) is 3.59. The molecular formula is C11H13NO3. The van der Waals surface area contributed by atoms with Gasteiger partial charge in [-0.3, -0.25) is 4.79 Å². The highest BCUT2D eigenvalue weighted by Gasteiger charge is 2.43. The highest BCUT2D eigenvalue weighted by molar-refractivity contribution is 6.04. The van der Waals surface area contributed by atoms with Gasteiger partial charge in [-0.2, -0.15) is 0 Å². The topological polar surface area (TPSA) is 49.8 Å². The molecule has 0 spiro atoms. The summed E-state index contributed by atoms with van der Waals surface area (Å²) in [6.07, 6.45) is -0.855. The van der Waals surface area contributed by atoms with Crippen molar-refractivity contribution in [3.63, 3.8) is 0 Å². The van der Waals surface area contributed by atoms with Gasteiger partial charge < -0.3 is 14.7 Å². The van der Waals surface area contributed by atoms with Gasteiger partial charge in [-0.15, -0.1) is 0 Å². The maximum atomic E-state index is 11.4. The molecule has 1 aliphatic rings. The molecule has 80 valence electrons. The monoisotopic (exact) mass is 207 g/mol. The lowest BCUT2D eigenvalue weighted by atomic mass is 9.99. The summed E-state index contributed by atoms with van der Waals surface area (Å²) < 4.78 is 5.02. The Morgan fingerprint density at radius 1 is 1.33 bits per heavy atom. The van der Waals surface area contributed by atoms with Crippen LogP contribution in [-0.4, -0.2) is 30.3 Å². The maximum Gasteiger partial charge on any atom is 0.258 e. The van der Waals surface area contributed by atoms with E-state index in [-0.39, 0.29) is 11.9 Å². The van der Waals surface area contributed by atoms with Crippen LogP contribution in [0.2, 0.25) is 0 Å². The average Bonchev–Trinajstić information content (AvgIpc) is 2.30. The zero-order valence-corrected chi connectivity index (χ0v) is 8.68. The van der Waals surface area contributed by atoms with E-state index in [4.69, 9.17) is 4.74 Å². The minimum Gasteiger partial charge on any atom is -0.497 e. The number of carbonyl (C=O) groups excluding carboxylic acids is 1. The van der Waals surface area contributed by atoms with Gasteiger partial charge in [-0.1, -0.05) is 0 Å². The Bertz CT molecular complexity index is 374. The van der Waals surface area contributed by atoms with E-state index in [0.29, 0.717) is 0 Å². The summed E-state index contributed by atoms with van der Waals surface area (Å²) in [6.45, 7) is 1.82. The SMILES string of the molecule is COc1ccc(N2C(=O)[C@@H](O)[C@@H]2C)cc1. The van der Waals surface area contributed by atoms with E-state index in [9.17, 15) is 9.90 Å². The number of aliphatic hydroxyl groups excluding tert-OH is 1. The van der Waals surface area contributed by atoms with Crippen molar-refractivity contribution in [2.45, 2.75) is 19.1 Å². The van der Waals surface area contributed by atoms with Gasteiger partial charge >= 0.3 is 0 Å². The molecule has 2 atom stereocenters. The van der Waals surface area contributed by atoms with Gasteiger partial charge in [0, 0.05) is 5.69 Å². The van der Waals surface area contributed by atoms with Gasteiger partial charge in [-0.25, -0.2) is 0 Å². The molecule has 1 aliphatic heterocycles. The fourth-order valence-corrected chi connectivity index (χ4v) is 1.71. The minimum atomic E-state index is -0.855. The molecule has 4 nitrogen and oxygen atoms in total. The molecule has 0 bridgehead atoms. The number of aliphatic hydroxyl groups is 1. The fourth-order valence-electron chi connectivity index (χ4n) is 1.71. The zero-order valence-electron chi connectivity index (χ0n) is 8.68. The first-order valence-corrected chi connectivity index (χ1v) is 4.80. The molecule has 1 saturated heterocycles. The lowest BCUT2D eigenvalue weighted by Crippen LogP contribution is -2.63. The highest BCUT2D eigenvalue weighted by Crippen LogP contribution is 2.29. The second kappa shape index (κ2) is 3.55. The minimum absolute atomic E-state index is 0.147. The Kier molecular flexibility index (Phi) is 2.36. The fraction of sp³-hybridized carbons (Fsp3) is 0.364. The van der Waals surface area contributed by atoms with Crippen LogP contribution in [0.15, 0.2) is 24.3 Å². The van der Waals surface area contributed by atoms with Crippen LogP contribution in [0.5, 0.6) is 5.75 Å². The Hall–Kier alpha value is -1.55. The average molecular weight is 207 g/mol. The number of carbonyl (C=O) groups is 1. The van der Waals surface area contributed by atoms with Crippen LogP contribution in [0.25, 0.3) is 0 Å². The van der Waals surface area contributed by atoms with Crippen LogP contribution in [0.4, 0.5) is 5.69 Å². The van der Waals surface area contributed by atoms with Gasteiger partial charge in [0.1, 0.15) is 5.75 Å². The van der Waals surface area contributed by atoms with E-state index < -0.39 is 6.10 Å². The van der Waals surface area contributed by atoms with Gasteiger partial charge in [0.25, 0.3) is 5.91 Å². The quantitative estimate of drug-likeness (QED) is 0.729. The summed E-state index contributed by atoms with van der Waals surface area (Å²) in [6, 6.07) is 7.05. The van der Waals surface area contributed by atoms with Crippen molar-refractivity contribution in [2.24, 2.45) is 0 Å². The number of anilines is 1. The van der Waals surface area contributed by atoms with E-state index in [0.717, 1.165) is 11.4 Å². The standard InChI is InChI=1S/C11H13NO3/c1-7-10(13)11(14)12(7)8-3-5-9(15-2)6-4-8/h3-7,10,13H,1-2H3/t7-,10-/m0/s1. The molecule has 0 unspecified atom stereocenters. The molecule has 1 fully saturated rings. The number of β-lactam (4-membered cyclic amide) rings is 1. The van der Waals surface area contributed by atoms with Crippen LogP contribution < -0.4 is 9.64 Å². The first kappa shape index (κ1) is 9.98. The van der Waals surface area contributed by atoms with E-state index in [1.807, 2.05) is 6.92 Å². The van der Waals surface area contributed by atoms with E-state index in [1.54, 1.807) is 36.3 Å². The molecule has 0 aliphatic carbocycles. The van der Waals surface area contributed by atoms with Gasteiger partial charge in [-0.05, 0) is 31.2 Å². The van der Waals surface area contributed by atoms with Crippen molar-refractivity contribution in [1.82, 2.24) is 0 Å². The molecule has 2 rings (SSSR count). The Labute approximate surface area is 88.1 Å². The maximum absolute atomic E-state index is 11.4. The third-order valence-electron chi connectivity index (χ3n) is 2.71. The third-order valence-corrected chi connectivity index (χ3v) is 2.71. The molecule has 1 aromatic rings. The van der Waals surface area contributed by atoms with Crippen LogP contribution in [0.3, 0.4) is 0 Å². The lowest BCUT2D eigenvalue weighted by Gasteiger charge is -2.42. The molecule has 1 amide bonds. The number of hydrogen-bond donors (Lipinski definition) is 1. The predicted octanol–water partition coefficient (Wildman–Crippen LogP) is 0.791. The number of nitrogens with zero attached hydrogens (tertiary/aromatic N) is 1. The van der Waals surface area contributed by atoms with Crippen molar-refractivity contribution in [1.29, 1.82) is 0 Å². The van der Waals surface area contributed by atoms with Crippen molar-refractivity contribution >= 4 is 11.6 Å². The molecule has 15 heavy (non-hydrogen) atoms. The Balaban J connectivity index is 2.20. The van der Waals surface area contributed by atoms with E-state index >= 15 is 0 Å². The summed E-state index contributed by atoms with van der Waals surface area (Å²) in [4.78, 5) is 12.9. The Morgan fingerprint density at radius 2 is 1.93 bits per heavy atom. The molecule has 1 N–H and O–H groups in total. The highest BCUT2D eigenvalue weighted by atomic mass is 16.5. The second-order valence-electron chi connectivity index (χ2n) is 3.59. The zero-order chi connectivity index (χ0) is 11.0. The first-order chi connectivity index (χ1) is 7.15. The normalized spacial score (nSPS) is 25.0. The lowest BCUT2D eigenvalue weighted by molar-refractivity contribution is -0.136. The molecule has 0 radical (unpaired) electrons. The van der Waals surface area contributed by atoms with Crippen molar-refractivity contribution < 1.29 is 14.6 Å². The number of hydrogen-bond acceptors (Lipinski definition) is 3. The molecule has 0 saturated carbocycles. The predicted molar refractivity (Wildman–Crippen MR) is 55.9 cm³/mol. The number of amides is 1. The summed E-state index contributed by atoms with van der Waals surface area (Å²) in [5, 5.41) is 9.30. The van der Waals surface area contributed by atoms with E-state index in [2.05, 4.69) is 0 Å². The summed E-state index contributed by atoms with van der Waals surface area (Å²) in [5.41, 5.74) is 0.790. The number of rotatable bonds is 2. The third kappa shape index (κ3) is 1.47. The summed E-state index contributed by atoms with van der Waals surface area (Å²) >= 11 is 0. The van der Waals surface area contributed by atoms with Crippen molar-refractivity contribution in [2.75, 3.05) is 12.0 Å². The molecule has 0 aromatic heterocycles. The number of methoxy groups -OCH3 is 1. The van der Waals surface area contributed by atoms with Gasteiger partial charge in [0.05, 0.1) is 13.2 Å². The van der Waals surface area contributed by atoms with Crippen molar-refractivity contribution in [3.8, 4) is 5.75 Å². The summed E-state index contributed by atoms with van der Waals surface area (Å²) in [5.74, 6) is 0.507. The van der Waals surface area contributed by atoms with E-state index in [1.165, 1.54) is 0 Å². The van der Waals surface area contributed by atoms with Crippen molar-refractivity contribution in [3.05, 3.63) is 24.3 Å². The van der Waals surface area contributed by atoms with Gasteiger partial charge in [0.15, 0.2) is 6.10 Å². The number of ether oxygens (including phenoxy) is 1. The van der Waals surface area contributed by atoms with Crippen LogP contribution in [-0.2, 0) is 4.79 Å². The van der Waals surface area contributed by atoms with Crippen LogP contribution in [0, 0.1) is 0 Å². The molecule has 1 aromatic carbocycles. The Morgan fingerprint density at radius 3 is 2.40 bits per heavy atom. The van der Waals surface area contributed by atoms with Gasteiger partial charge in [0.2, 0.25) is 0 Å². The van der Waals surface area contributed by atoms with Crippen LogP contribution in [0.1, 0.15) is 6.92 Å². The van der Waals surface area contributed by atoms with Crippen LogP contribution >= 0.6 is 0 Å². The smallest absolute Gasteiger partial charge is 0.258 e. The largest absolute Gasteiger partial charge is 0.497 e. The molecule has 4 heteroatoms.